The molecule has 4 aromatic carbocycles. The number of ketones is 2. The molecule has 0 spiro atoms. The van der Waals surface area contributed by atoms with Gasteiger partial charge in [-0.3, -0.25) is 9.59 Å². The molecule has 3 aromatic heterocycles. The van der Waals surface area contributed by atoms with Gasteiger partial charge in [0.15, 0.2) is 11.6 Å². The van der Waals surface area contributed by atoms with Crippen LogP contribution in [0.1, 0.15) is 41.0 Å². The Bertz CT molecular complexity index is 2500. The maximum absolute atomic E-state index is 10.9. The summed E-state index contributed by atoms with van der Waals surface area (Å²) in [5.74, 6) is 2.08. The third-order valence-corrected chi connectivity index (χ3v) is 8.74. The average molecular weight is 772 g/mol. The van der Waals surface area contributed by atoms with E-state index < -0.39 is 0 Å². The normalized spacial score (nSPS) is 12.1. The Hall–Kier alpha value is -6.42. The Morgan fingerprint density at radius 3 is 1.05 bits per heavy atom. The van der Waals surface area contributed by atoms with E-state index in [1.54, 1.807) is 0 Å². The van der Waals surface area contributed by atoms with Crippen LogP contribution in [0, 0.1) is 0 Å². The number of benzene rings is 4. The van der Waals surface area contributed by atoms with Crippen LogP contribution in [-0.4, -0.2) is 41.5 Å². The fraction of sp³-hybridized carbons (Fsp3) is 0.136. The number of fused-ring (bicyclic) bond motifs is 20. The maximum atomic E-state index is 10.9. The third-order valence-electron chi connectivity index (χ3n) is 8.74. The molecule has 5 heterocycles. The van der Waals surface area contributed by atoms with E-state index in [1.807, 2.05) is 132 Å². The van der Waals surface area contributed by atoms with Crippen molar-refractivity contribution in [2.75, 3.05) is 0 Å². The molecule has 277 valence electrons. The number of allylic oxidation sites excluding steroid dienone is 4. The van der Waals surface area contributed by atoms with Crippen molar-refractivity contribution in [2.45, 2.75) is 41.0 Å². The summed E-state index contributed by atoms with van der Waals surface area (Å²) in [6, 6.07) is 31.8. The van der Waals surface area contributed by atoms with Gasteiger partial charge in [0, 0.05) is 67.5 Å². The van der Waals surface area contributed by atoms with Gasteiger partial charge in [0.25, 0.3) is 0 Å². The Morgan fingerprint density at radius 1 is 0.455 bits per heavy atom. The zero-order valence-corrected chi connectivity index (χ0v) is 31.8. The number of carbonyl (C=O) groups is 2. The van der Waals surface area contributed by atoms with Gasteiger partial charge in [-0.1, -0.05) is 132 Å². The molecular weight excluding hydrogens is 736 g/mol. The fourth-order valence-corrected chi connectivity index (χ4v) is 6.29. The summed E-state index contributed by atoms with van der Waals surface area (Å²) in [4.78, 5) is 60.8. The van der Waals surface area contributed by atoms with Gasteiger partial charge in [-0.05, 0) is 46.2 Å². The summed E-state index contributed by atoms with van der Waals surface area (Å²) in [7, 11) is 0. The van der Waals surface area contributed by atoms with E-state index >= 15 is 0 Å². The van der Waals surface area contributed by atoms with Crippen molar-refractivity contribution in [3.8, 4) is 45.6 Å². The van der Waals surface area contributed by atoms with Gasteiger partial charge >= 0.3 is 0 Å². The number of aromatic nitrogens is 8. The molecule has 0 atom stereocenters. The second kappa shape index (κ2) is 16.7. The van der Waals surface area contributed by atoms with Crippen LogP contribution >= 0.6 is 0 Å². The number of hydrogen-bond acceptors (Lipinski definition) is 8. The van der Waals surface area contributed by atoms with Crippen LogP contribution in [0.25, 0.3) is 89.7 Å². The number of carbonyl (C=O) groups excluding carboxylic acids is 2. The van der Waals surface area contributed by atoms with E-state index in [0.29, 0.717) is 57.9 Å². The summed E-state index contributed by atoms with van der Waals surface area (Å²) in [6.45, 7) is 9.86. The van der Waals surface area contributed by atoms with Crippen molar-refractivity contribution >= 4 is 55.7 Å². The van der Waals surface area contributed by atoms with Crippen molar-refractivity contribution in [1.29, 1.82) is 0 Å². The van der Waals surface area contributed by atoms with Crippen molar-refractivity contribution in [2.24, 2.45) is 0 Å². The molecule has 55 heavy (non-hydrogen) atoms. The van der Waals surface area contributed by atoms with Gasteiger partial charge in [0.1, 0.15) is 0 Å². The van der Waals surface area contributed by atoms with Crippen LogP contribution in [0.15, 0.2) is 121 Å². The molecule has 0 fully saturated rings. The van der Waals surface area contributed by atoms with Crippen molar-refractivity contribution < 1.29 is 26.7 Å². The minimum atomic E-state index is -0.0866. The molecule has 7 aromatic rings. The first-order chi connectivity index (χ1) is 26.5. The summed E-state index contributed by atoms with van der Waals surface area (Å²) in [5, 5.41) is 3.57. The van der Waals surface area contributed by atoms with Gasteiger partial charge in [-0.2, -0.15) is 0 Å². The van der Waals surface area contributed by atoms with E-state index in [0.717, 1.165) is 43.8 Å². The molecule has 1 radical (unpaired) electrons. The first-order valence-electron chi connectivity index (χ1n) is 18.1. The van der Waals surface area contributed by atoms with Crippen LogP contribution < -0.4 is 9.97 Å². The quantitative estimate of drug-likeness (QED) is 0.117. The van der Waals surface area contributed by atoms with Gasteiger partial charge in [-0.25, -0.2) is 9.97 Å². The number of hydrogen-bond donors (Lipinski definition) is 0. The number of rotatable bonds is 1. The monoisotopic (exact) mass is 771 g/mol. The maximum Gasteiger partial charge on any atom is 0.182 e. The molecule has 10 nitrogen and oxygen atoms in total. The first kappa shape index (κ1) is 38.3. The second-order valence-electron chi connectivity index (χ2n) is 11.8. The molecule has 0 N–H and O–H groups in total. The van der Waals surface area contributed by atoms with Gasteiger partial charge in [0.05, 0.1) is 23.3 Å². The second-order valence-corrected chi connectivity index (χ2v) is 11.8. The van der Waals surface area contributed by atoms with Crippen molar-refractivity contribution in [3.63, 3.8) is 0 Å². The van der Waals surface area contributed by atoms with Crippen molar-refractivity contribution in [3.05, 3.63) is 121 Å². The predicted octanol–water partition coefficient (Wildman–Crippen LogP) is 9.21. The standard InChI is InChI=1S/C32H16N8.C8H8O2.2C2H6.Cu/c1-2-10-18-17(9-1)25-33-26(18)38-28-21-13-5-6-14-22(21)30(35-28)40-32-24-16-8-7-15-23(24)31(36-32)39-29-20-12-4-3-11-19(20)27(34-29)37-25;1-2-6-5-7(9)3-4-8(6)10;2*1-2;/h1-16H;3-5H,2H2,1H3;2*1-2H3;/q-2;;;;. The Labute approximate surface area is 328 Å². The first-order valence-corrected chi connectivity index (χ1v) is 18.1. The van der Waals surface area contributed by atoms with Crippen molar-refractivity contribution in [1.82, 2.24) is 39.9 Å². The molecule has 8 bridgehead atoms. The zero-order chi connectivity index (χ0) is 37.8. The smallest absolute Gasteiger partial charge is 0.182 e. The molecule has 0 amide bonds. The molecule has 0 unspecified atom stereocenters. The predicted molar refractivity (Wildman–Crippen MR) is 214 cm³/mol. The van der Waals surface area contributed by atoms with Gasteiger partial charge in [0.2, 0.25) is 0 Å². The van der Waals surface area contributed by atoms with Crippen LogP contribution in [0.5, 0.6) is 0 Å². The Balaban J connectivity index is 0.000000297. The summed E-state index contributed by atoms with van der Waals surface area (Å²) in [5.41, 5.74) is 6.39. The Morgan fingerprint density at radius 2 is 0.764 bits per heavy atom. The van der Waals surface area contributed by atoms with Crippen LogP contribution in [0.4, 0.5) is 0 Å². The Kier molecular flexibility index (Phi) is 11.6. The molecular formula is C44H36CuN8O2-2. The topological polar surface area (TPSA) is 140 Å². The molecule has 11 heteroatoms. The molecule has 0 saturated carbocycles. The minimum absolute atomic E-state index is 0. The van der Waals surface area contributed by atoms with E-state index in [2.05, 4.69) is 0 Å². The summed E-state index contributed by atoms with van der Waals surface area (Å²) < 4.78 is 0. The minimum Gasteiger partial charge on any atom is -0.357 e. The van der Waals surface area contributed by atoms with Gasteiger partial charge < -0.3 is 29.9 Å². The largest absolute Gasteiger partial charge is 0.357 e. The summed E-state index contributed by atoms with van der Waals surface area (Å²) >= 11 is 0. The zero-order valence-electron chi connectivity index (χ0n) is 30.9. The molecule has 10 rings (SSSR count). The SMILES string of the molecule is CC.CC.CCC1=CC(=O)C=CC1=O.[Cu].c1ccc2c(c1)-c1nc-2nc2[n-]c(nc3nc(nc4[n-]c(n1)c1ccccc41)-c1ccccc1-3)c1ccccc21. The van der Waals surface area contributed by atoms with Crippen LogP contribution in [0.2, 0.25) is 0 Å². The third kappa shape index (κ3) is 7.27. The molecule has 1 aliphatic carbocycles. The van der Waals surface area contributed by atoms with Crippen LogP contribution in [-0.2, 0) is 26.7 Å². The molecule has 3 aliphatic rings. The van der Waals surface area contributed by atoms with E-state index in [-0.39, 0.29) is 28.6 Å². The molecule has 0 saturated heterocycles. The van der Waals surface area contributed by atoms with E-state index in [1.165, 1.54) is 18.2 Å². The summed E-state index contributed by atoms with van der Waals surface area (Å²) in [6.07, 6.45) is 4.64. The van der Waals surface area contributed by atoms with E-state index in [4.69, 9.17) is 39.9 Å². The van der Waals surface area contributed by atoms with Gasteiger partial charge in [-0.15, -0.1) is 0 Å². The average Bonchev–Trinajstić information content (AvgIpc) is 3.96. The number of nitrogens with zero attached hydrogens (tertiary/aromatic N) is 8. The fourth-order valence-electron chi connectivity index (χ4n) is 6.29. The van der Waals surface area contributed by atoms with E-state index in [9.17, 15) is 9.59 Å². The van der Waals surface area contributed by atoms with Crippen LogP contribution in [0.3, 0.4) is 0 Å². The molecule has 2 aliphatic heterocycles.